The molecule has 94 valence electrons. The minimum absolute atomic E-state index is 0.498. The zero-order valence-corrected chi connectivity index (χ0v) is 11.8. The lowest BCUT2D eigenvalue weighted by molar-refractivity contribution is 0.415. The van der Waals surface area contributed by atoms with Gasteiger partial charge < -0.3 is 10.1 Å². The number of rotatable bonds is 3. The number of ether oxygens (including phenoxy) is 1. The first-order chi connectivity index (χ1) is 8.20. The predicted molar refractivity (Wildman–Crippen MR) is 76.6 cm³/mol. The van der Waals surface area contributed by atoms with E-state index in [1.54, 1.807) is 7.11 Å². The maximum atomic E-state index is 6.20. The molecule has 1 aromatic rings. The van der Waals surface area contributed by atoms with Crippen LogP contribution < -0.4 is 10.1 Å². The number of hydrogen-bond donors (Lipinski definition) is 1. The normalized spacial score (nSPS) is 24.4. The van der Waals surface area contributed by atoms with Crippen molar-refractivity contribution in [2.75, 3.05) is 18.2 Å². The molecule has 0 aliphatic carbocycles. The van der Waals surface area contributed by atoms with Crippen LogP contribution in [0.1, 0.15) is 19.8 Å². The molecule has 0 amide bonds. The molecule has 0 aromatic heterocycles. The first kappa shape index (κ1) is 12.9. The molecule has 2 atom stereocenters. The van der Waals surface area contributed by atoms with Crippen LogP contribution in [-0.4, -0.2) is 24.2 Å². The van der Waals surface area contributed by atoms with Crippen LogP contribution in [0.4, 0.5) is 5.69 Å². The molecular formula is C13H18ClNOS. The van der Waals surface area contributed by atoms with Gasteiger partial charge in [0, 0.05) is 17.4 Å². The molecule has 1 saturated heterocycles. The van der Waals surface area contributed by atoms with Gasteiger partial charge in [0.2, 0.25) is 0 Å². The number of nitrogens with one attached hydrogen (secondary N) is 1. The molecule has 1 N–H and O–H groups in total. The summed E-state index contributed by atoms with van der Waals surface area (Å²) in [4.78, 5) is 0. The monoisotopic (exact) mass is 271 g/mol. The molecule has 1 heterocycles. The van der Waals surface area contributed by atoms with Gasteiger partial charge in [-0.2, -0.15) is 11.8 Å². The van der Waals surface area contributed by atoms with E-state index in [1.165, 1.54) is 18.6 Å². The summed E-state index contributed by atoms with van der Waals surface area (Å²) in [7, 11) is 1.67. The average Bonchev–Trinajstić information content (AvgIpc) is 2.35. The summed E-state index contributed by atoms with van der Waals surface area (Å²) >= 11 is 8.22. The topological polar surface area (TPSA) is 21.3 Å². The highest BCUT2D eigenvalue weighted by Crippen LogP contribution is 2.32. The van der Waals surface area contributed by atoms with Crippen LogP contribution in [0.3, 0.4) is 0 Å². The molecule has 1 fully saturated rings. The Kier molecular flexibility index (Phi) is 4.46. The molecule has 2 rings (SSSR count). The van der Waals surface area contributed by atoms with Gasteiger partial charge in [-0.25, -0.2) is 0 Å². The minimum atomic E-state index is 0.498. The Morgan fingerprint density at radius 3 is 3.00 bits per heavy atom. The van der Waals surface area contributed by atoms with Gasteiger partial charge in [0.05, 0.1) is 17.8 Å². The SMILES string of the molecule is COc1ccc(Cl)c(NC2CCCSC2C)c1. The highest BCUT2D eigenvalue weighted by molar-refractivity contribution is 8.00. The van der Waals surface area contributed by atoms with E-state index in [1.807, 2.05) is 30.0 Å². The average molecular weight is 272 g/mol. The lowest BCUT2D eigenvalue weighted by Gasteiger charge is -2.30. The van der Waals surface area contributed by atoms with Gasteiger partial charge in [-0.05, 0) is 30.7 Å². The van der Waals surface area contributed by atoms with E-state index < -0.39 is 0 Å². The zero-order chi connectivity index (χ0) is 12.3. The minimum Gasteiger partial charge on any atom is -0.497 e. The second-order valence-corrected chi connectivity index (χ2v) is 6.21. The summed E-state index contributed by atoms with van der Waals surface area (Å²) in [6.07, 6.45) is 2.48. The van der Waals surface area contributed by atoms with Crippen molar-refractivity contribution >= 4 is 29.1 Å². The summed E-state index contributed by atoms with van der Waals surface area (Å²) in [6, 6.07) is 6.22. The lowest BCUT2D eigenvalue weighted by atomic mass is 10.1. The summed E-state index contributed by atoms with van der Waals surface area (Å²) in [5, 5.41) is 4.93. The van der Waals surface area contributed by atoms with E-state index in [-0.39, 0.29) is 0 Å². The Morgan fingerprint density at radius 1 is 1.47 bits per heavy atom. The van der Waals surface area contributed by atoms with Gasteiger partial charge in [-0.3, -0.25) is 0 Å². The number of anilines is 1. The molecule has 2 nitrogen and oxygen atoms in total. The molecule has 1 aliphatic heterocycles. The summed E-state index contributed by atoms with van der Waals surface area (Å²) in [6.45, 7) is 2.27. The fourth-order valence-electron chi connectivity index (χ4n) is 2.05. The molecule has 4 heteroatoms. The third kappa shape index (κ3) is 3.23. The Balaban J connectivity index is 2.11. The molecule has 0 saturated carbocycles. The first-order valence-electron chi connectivity index (χ1n) is 5.92. The fraction of sp³-hybridized carbons (Fsp3) is 0.538. The molecule has 0 radical (unpaired) electrons. The number of methoxy groups -OCH3 is 1. The smallest absolute Gasteiger partial charge is 0.121 e. The van der Waals surface area contributed by atoms with Gasteiger partial charge in [0.15, 0.2) is 0 Å². The number of benzene rings is 1. The van der Waals surface area contributed by atoms with E-state index in [9.17, 15) is 0 Å². The standard InChI is InChI=1S/C13H18ClNOS/c1-9-12(4-3-7-17-9)15-13-8-10(16-2)5-6-11(13)14/h5-6,8-9,12,15H,3-4,7H2,1-2H3. The van der Waals surface area contributed by atoms with Crippen LogP contribution in [-0.2, 0) is 0 Å². The second-order valence-electron chi connectivity index (χ2n) is 4.31. The van der Waals surface area contributed by atoms with Crippen LogP contribution in [0.15, 0.2) is 18.2 Å². The molecule has 2 unspecified atom stereocenters. The van der Waals surface area contributed by atoms with Crippen molar-refractivity contribution in [1.82, 2.24) is 0 Å². The summed E-state index contributed by atoms with van der Waals surface area (Å²) in [5.41, 5.74) is 0.977. The van der Waals surface area contributed by atoms with Crippen molar-refractivity contribution in [2.24, 2.45) is 0 Å². The van der Waals surface area contributed by atoms with E-state index in [0.717, 1.165) is 16.5 Å². The number of hydrogen-bond acceptors (Lipinski definition) is 3. The Labute approximate surface area is 112 Å². The number of halogens is 1. The van der Waals surface area contributed by atoms with Gasteiger partial charge in [0.1, 0.15) is 5.75 Å². The Morgan fingerprint density at radius 2 is 2.29 bits per heavy atom. The van der Waals surface area contributed by atoms with Crippen molar-refractivity contribution in [3.63, 3.8) is 0 Å². The summed E-state index contributed by atoms with van der Waals surface area (Å²) in [5.74, 6) is 2.11. The maximum Gasteiger partial charge on any atom is 0.121 e. The van der Waals surface area contributed by atoms with Crippen LogP contribution in [0.25, 0.3) is 0 Å². The van der Waals surface area contributed by atoms with Crippen molar-refractivity contribution in [2.45, 2.75) is 31.1 Å². The van der Waals surface area contributed by atoms with Gasteiger partial charge in [-0.15, -0.1) is 0 Å². The third-order valence-electron chi connectivity index (χ3n) is 3.12. The Hall–Kier alpha value is -0.540. The molecule has 0 bridgehead atoms. The zero-order valence-electron chi connectivity index (χ0n) is 10.2. The van der Waals surface area contributed by atoms with E-state index >= 15 is 0 Å². The van der Waals surface area contributed by atoms with E-state index in [4.69, 9.17) is 16.3 Å². The molecular weight excluding hydrogens is 254 g/mol. The van der Waals surface area contributed by atoms with Gasteiger partial charge in [-0.1, -0.05) is 18.5 Å². The van der Waals surface area contributed by atoms with E-state index in [0.29, 0.717) is 11.3 Å². The van der Waals surface area contributed by atoms with Crippen molar-refractivity contribution in [3.05, 3.63) is 23.2 Å². The van der Waals surface area contributed by atoms with Crippen LogP contribution in [0, 0.1) is 0 Å². The second kappa shape index (κ2) is 5.87. The Bertz CT molecular complexity index is 386. The van der Waals surface area contributed by atoms with Crippen molar-refractivity contribution < 1.29 is 4.74 Å². The largest absolute Gasteiger partial charge is 0.497 e. The molecule has 0 spiro atoms. The van der Waals surface area contributed by atoms with E-state index in [2.05, 4.69) is 12.2 Å². The van der Waals surface area contributed by atoms with Crippen LogP contribution in [0.2, 0.25) is 5.02 Å². The highest BCUT2D eigenvalue weighted by atomic mass is 35.5. The van der Waals surface area contributed by atoms with Crippen LogP contribution in [0.5, 0.6) is 5.75 Å². The fourth-order valence-corrected chi connectivity index (χ4v) is 3.37. The van der Waals surface area contributed by atoms with Crippen molar-refractivity contribution in [3.8, 4) is 5.75 Å². The molecule has 1 aromatic carbocycles. The molecule has 17 heavy (non-hydrogen) atoms. The van der Waals surface area contributed by atoms with Gasteiger partial charge in [0.25, 0.3) is 0 Å². The number of thioether (sulfide) groups is 1. The maximum absolute atomic E-state index is 6.20. The van der Waals surface area contributed by atoms with Gasteiger partial charge >= 0.3 is 0 Å². The first-order valence-corrected chi connectivity index (χ1v) is 7.35. The summed E-state index contributed by atoms with van der Waals surface area (Å²) < 4.78 is 5.22. The quantitative estimate of drug-likeness (QED) is 0.896. The van der Waals surface area contributed by atoms with Crippen LogP contribution >= 0.6 is 23.4 Å². The highest BCUT2D eigenvalue weighted by Gasteiger charge is 2.22. The lowest BCUT2D eigenvalue weighted by Crippen LogP contribution is -2.32. The van der Waals surface area contributed by atoms with Crippen molar-refractivity contribution in [1.29, 1.82) is 0 Å². The third-order valence-corrected chi connectivity index (χ3v) is 4.83. The molecule has 1 aliphatic rings. The predicted octanol–water partition coefficient (Wildman–Crippen LogP) is 4.04.